The number of carbonyl (C=O) groups is 2. The van der Waals surface area contributed by atoms with Crippen molar-refractivity contribution in [2.75, 3.05) is 18.4 Å². The van der Waals surface area contributed by atoms with Crippen molar-refractivity contribution in [1.82, 2.24) is 4.90 Å². The highest BCUT2D eigenvalue weighted by atomic mass is 79.9. The van der Waals surface area contributed by atoms with Crippen LogP contribution in [-0.4, -0.2) is 29.8 Å². The van der Waals surface area contributed by atoms with Crippen LogP contribution in [0.3, 0.4) is 0 Å². The van der Waals surface area contributed by atoms with Gasteiger partial charge in [0.25, 0.3) is 5.91 Å². The van der Waals surface area contributed by atoms with E-state index in [-0.39, 0.29) is 17.7 Å². The van der Waals surface area contributed by atoms with Gasteiger partial charge in [0.2, 0.25) is 5.91 Å². The summed E-state index contributed by atoms with van der Waals surface area (Å²) < 4.78 is 1.04. The highest BCUT2D eigenvalue weighted by molar-refractivity contribution is 9.10. The van der Waals surface area contributed by atoms with E-state index >= 15 is 0 Å². The van der Waals surface area contributed by atoms with E-state index in [1.54, 1.807) is 29.2 Å². The van der Waals surface area contributed by atoms with Crippen molar-refractivity contribution in [3.63, 3.8) is 0 Å². The largest absolute Gasteiger partial charge is 0.339 e. The van der Waals surface area contributed by atoms with Crippen LogP contribution in [0.25, 0.3) is 0 Å². The van der Waals surface area contributed by atoms with E-state index in [4.69, 9.17) is 0 Å². The second-order valence-electron chi connectivity index (χ2n) is 6.54. The summed E-state index contributed by atoms with van der Waals surface area (Å²) in [7, 11) is 0. The zero-order chi connectivity index (χ0) is 18.7. The number of hydrogen-bond donors (Lipinski definition) is 1. The third kappa shape index (κ3) is 4.15. The second kappa shape index (κ2) is 8.04. The molecule has 0 bridgehead atoms. The number of nitrogens with zero attached hydrogens (tertiary/aromatic N) is 1. The van der Waals surface area contributed by atoms with Crippen molar-refractivity contribution in [1.29, 1.82) is 0 Å². The molecule has 1 aliphatic rings. The molecule has 0 radical (unpaired) electrons. The van der Waals surface area contributed by atoms with E-state index in [2.05, 4.69) is 33.4 Å². The van der Waals surface area contributed by atoms with E-state index < -0.39 is 0 Å². The normalized spacial score (nSPS) is 18.3. The summed E-state index contributed by atoms with van der Waals surface area (Å²) >= 11 is 3.43. The maximum Gasteiger partial charge on any atom is 0.253 e. The number of amides is 2. The van der Waals surface area contributed by atoms with Crippen molar-refractivity contribution in [2.45, 2.75) is 26.2 Å². The van der Waals surface area contributed by atoms with Crippen LogP contribution in [0.5, 0.6) is 0 Å². The van der Waals surface area contributed by atoms with Crippen LogP contribution in [0.4, 0.5) is 5.69 Å². The van der Waals surface area contributed by atoms with Crippen LogP contribution < -0.4 is 5.32 Å². The van der Waals surface area contributed by atoms with Crippen LogP contribution >= 0.6 is 15.9 Å². The van der Waals surface area contributed by atoms with Gasteiger partial charge in [-0.05, 0) is 68.1 Å². The molecular formula is C21H23BrN2O2. The molecule has 1 fully saturated rings. The van der Waals surface area contributed by atoms with Gasteiger partial charge in [0.1, 0.15) is 0 Å². The molecule has 1 N–H and O–H groups in total. The predicted molar refractivity (Wildman–Crippen MR) is 107 cm³/mol. The van der Waals surface area contributed by atoms with Gasteiger partial charge in [0.05, 0.1) is 0 Å². The quantitative estimate of drug-likeness (QED) is 0.745. The Balaban J connectivity index is 1.59. The number of nitrogens with one attached hydrogen (secondary N) is 1. The molecular weight excluding hydrogens is 392 g/mol. The average Bonchev–Trinajstić information content (AvgIpc) is 3.45. The third-order valence-corrected chi connectivity index (χ3v) is 5.40. The molecule has 2 aromatic rings. The molecule has 2 amide bonds. The molecule has 2 unspecified atom stereocenters. The zero-order valence-electron chi connectivity index (χ0n) is 15.0. The lowest BCUT2D eigenvalue weighted by molar-refractivity contribution is -0.117. The van der Waals surface area contributed by atoms with E-state index in [1.807, 2.05) is 26.0 Å². The maximum atomic E-state index is 12.4. The van der Waals surface area contributed by atoms with E-state index in [9.17, 15) is 9.59 Å². The summed E-state index contributed by atoms with van der Waals surface area (Å²) in [4.78, 5) is 26.5. The first kappa shape index (κ1) is 18.6. The van der Waals surface area contributed by atoms with Crippen molar-refractivity contribution >= 4 is 33.4 Å². The first-order valence-corrected chi connectivity index (χ1v) is 9.78. The number of benzene rings is 2. The van der Waals surface area contributed by atoms with E-state index in [1.165, 1.54) is 5.56 Å². The van der Waals surface area contributed by atoms with E-state index in [0.29, 0.717) is 24.6 Å². The number of anilines is 1. The lowest BCUT2D eigenvalue weighted by atomic mass is 10.1. The van der Waals surface area contributed by atoms with Crippen molar-refractivity contribution in [3.8, 4) is 0 Å². The minimum atomic E-state index is 0.0189. The standard InChI is InChI=1S/C21H23BrN2O2/c1-3-24(4-2)21(26)15-7-11-17(12-8-15)23-20(25)19-13-18(19)14-5-9-16(22)10-6-14/h5-12,18-19H,3-4,13H2,1-2H3,(H,23,25). The molecule has 4 nitrogen and oxygen atoms in total. The molecule has 0 aromatic heterocycles. The fourth-order valence-corrected chi connectivity index (χ4v) is 3.45. The lowest BCUT2D eigenvalue weighted by Gasteiger charge is -2.18. The fourth-order valence-electron chi connectivity index (χ4n) is 3.19. The Hall–Kier alpha value is -2.14. The summed E-state index contributed by atoms with van der Waals surface area (Å²) in [5.74, 6) is 0.380. The number of halogens is 1. The molecule has 0 aliphatic heterocycles. The fraction of sp³-hybridized carbons (Fsp3) is 0.333. The Bertz CT molecular complexity index is 783. The Morgan fingerprint density at radius 2 is 1.65 bits per heavy atom. The topological polar surface area (TPSA) is 49.4 Å². The average molecular weight is 415 g/mol. The summed E-state index contributed by atoms with van der Waals surface area (Å²) in [6.07, 6.45) is 0.881. The van der Waals surface area contributed by atoms with Gasteiger partial charge in [-0.25, -0.2) is 0 Å². The van der Waals surface area contributed by atoms with Gasteiger partial charge >= 0.3 is 0 Å². The van der Waals surface area contributed by atoms with Crippen molar-refractivity contribution in [2.24, 2.45) is 5.92 Å². The summed E-state index contributed by atoms with van der Waals surface area (Å²) in [5.41, 5.74) is 2.58. The van der Waals surface area contributed by atoms with Crippen molar-refractivity contribution in [3.05, 3.63) is 64.1 Å². The summed E-state index contributed by atoms with van der Waals surface area (Å²) in [5, 5.41) is 2.97. The van der Waals surface area contributed by atoms with Gasteiger partial charge < -0.3 is 10.2 Å². The molecule has 0 heterocycles. The van der Waals surface area contributed by atoms with Crippen LogP contribution in [0.1, 0.15) is 42.1 Å². The molecule has 0 saturated heterocycles. The van der Waals surface area contributed by atoms with Crippen LogP contribution in [0.2, 0.25) is 0 Å². The zero-order valence-corrected chi connectivity index (χ0v) is 16.6. The third-order valence-electron chi connectivity index (χ3n) is 4.88. The first-order chi connectivity index (χ1) is 12.5. The molecule has 2 aromatic carbocycles. The van der Waals surface area contributed by atoms with Crippen LogP contribution in [0.15, 0.2) is 53.0 Å². The molecule has 2 atom stereocenters. The number of hydrogen-bond acceptors (Lipinski definition) is 2. The van der Waals surface area contributed by atoms with Gasteiger partial charge in [0.15, 0.2) is 0 Å². The molecule has 1 saturated carbocycles. The smallest absolute Gasteiger partial charge is 0.253 e. The maximum absolute atomic E-state index is 12.4. The summed E-state index contributed by atoms with van der Waals surface area (Å²) in [6, 6.07) is 15.3. The van der Waals surface area contributed by atoms with Gasteiger partial charge in [-0.1, -0.05) is 28.1 Å². The molecule has 26 heavy (non-hydrogen) atoms. The minimum Gasteiger partial charge on any atom is -0.339 e. The van der Waals surface area contributed by atoms with Gasteiger partial charge in [-0.3, -0.25) is 9.59 Å². The highest BCUT2D eigenvalue weighted by Crippen LogP contribution is 2.48. The molecule has 0 spiro atoms. The molecule has 136 valence electrons. The Labute approximate surface area is 162 Å². The predicted octanol–water partition coefficient (Wildman–Crippen LogP) is 4.67. The van der Waals surface area contributed by atoms with Crippen LogP contribution in [-0.2, 0) is 4.79 Å². The Morgan fingerprint density at radius 3 is 2.23 bits per heavy atom. The highest BCUT2D eigenvalue weighted by Gasteiger charge is 2.43. The lowest BCUT2D eigenvalue weighted by Crippen LogP contribution is -2.30. The minimum absolute atomic E-state index is 0.0189. The Kier molecular flexibility index (Phi) is 5.77. The van der Waals surface area contributed by atoms with Gasteiger partial charge in [-0.2, -0.15) is 0 Å². The first-order valence-electron chi connectivity index (χ1n) is 8.99. The molecule has 3 rings (SSSR count). The SMILES string of the molecule is CCN(CC)C(=O)c1ccc(NC(=O)C2CC2c2ccc(Br)cc2)cc1. The van der Waals surface area contributed by atoms with Crippen molar-refractivity contribution < 1.29 is 9.59 Å². The monoisotopic (exact) mass is 414 g/mol. The Morgan fingerprint density at radius 1 is 1.04 bits per heavy atom. The van der Waals surface area contributed by atoms with E-state index in [0.717, 1.165) is 16.6 Å². The molecule has 5 heteroatoms. The summed E-state index contributed by atoms with van der Waals surface area (Å²) in [6.45, 7) is 5.31. The van der Waals surface area contributed by atoms with Gasteiger partial charge in [-0.15, -0.1) is 0 Å². The second-order valence-corrected chi connectivity index (χ2v) is 7.46. The number of carbonyl (C=O) groups excluding carboxylic acids is 2. The number of rotatable bonds is 6. The van der Waals surface area contributed by atoms with Crippen LogP contribution in [0, 0.1) is 5.92 Å². The molecule has 1 aliphatic carbocycles. The van der Waals surface area contributed by atoms with Gasteiger partial charge in [0, 0.05) is 34.7 Å².